The van der Waals surface area contributed by atoms with Crippen LogP contribution in [0.2, 0.25) is 0 Å². The first kappa shape index (κ1) is 13.1. The summed E-state index contributed by atoms with van der Waals surface area (Å²) in [6.07, 6.45) is -0.406. The van der Waals surface area contributed by atoms with Gasteiger partial charge in [-0.05, 0) is 31.7 Å². The number of rotatable bonds is 2. The SMILES string of the molecule is NC1CCCC(Oc2nccc(C(F)(F)F)n2)C1. The summed E-state index contributed by atoms with van der Waals surface area (Å²) in [5, 5.41) is 0. The Balaban J connectivity index is 2.05. The fraction of sp³-hybridized carbons (Fsp3) is 0.636. The van der Waals surface area contributed by atoms with E-state index in [2.05, 4.69) is 9.97 Å². The second-order valence-corrected chi connectivity index (χ2v) is 4.39. The molecule has 7 heteroatoms. The van der Waals surface area contributed by atoms with Crippen molar-refractivity contribution in [2.75, 3.05) is 0 Å². The Morgan fingerprint density at radius 1 is 1.33 bits per heavy atom. The standard InChI is InChI=1S/C11H14F3N3O/c12-11(13,14)9-4-5-16-10(17-9)18-8-3-1-2-7(15)6-8/h4-5,7-8H,1-3,6,15H2. The van der Waals surface area contributed by atoms with Crippen molar-refractivity contribution in [3.63, 3.8) is 0 Å². The summed E-state index contributed by atoms with van der Waals surface area (Å²) in [6, 6.07) is 0.623. The first-order chi connectivity index (χ1) is 8.45. The molecule has 0 amide bonds. The fourth-order valence-corrected chi connectivity index (χ4v) is 1.99. The molecule has 2 atom stereocenters. The van der Waals surface area contributed by atoms with Crippen molar-refractivity contribution >= 4 is 0 Å². The number of halogens is 3. The van der Waals surface area contributed by atoms with Gasteiger partial charge in [0.25, 0.3) is 0 Å². The van der Waals surface area contributed by atoms with Crippen molar-refractivity contribution in [1.82, 2.24) is 9.97 Å². The second-order valence-electron chi connectivity index (χ2n) is 4.39. The van der Waals surface area contributed by atoms with Crippen LogP contribution in [0.4, 0.5) is 13.2 Å². The number of hydrogen-bond donors (Lipinski definition) is 1. The van der Waals surface area contributed by atoms with E-state index < -0.39 is 11.9 Å². The smallest absolute Gasteiger partial charge is 0.433 e. The van der Waals surface area contributed by atoms with Crippen LogP contribution in [0, 0.1) is 0 Å². The van der Waals surface area contributed by atoms with Gasteiger partial charge in [-0.3, -0.25) is 0 Å². The van der Waals surface area contributed by atoms with Crippen LogP contribution in [0.1, 0.15) is 31.4 Å². The molecule has 100 valence electrons. The molecular formula is C11H14F3N3O. The Morgan fingerprint density at radius 2 is 2.11 bits per heavy atom. The quantitative estimate of drug-likeness (QED) is 0.886. The van der Waals surface area contributed by atoms with Gasteiger partial charge in [0.2, 0.25) is 0 Å². The van der Waals surface area contributed by atoms with Gasteiger partial charge in [-0.2, -0.15) is 18.2 Å². The lowest BCUT2D eigenvalue weighted by Gasteiger charge is -2.26. The number of nitrogens with zero attached hydrogens (tertiary/aromatic N) is 2. The van der Waals surface area contributed by atoms with Gasteiger partial charge in [0.05, 0.1) is 0 Å². The molecule has 1 aliphatic carbocycles. The van der Waals surface area contributed by atoms with Crippen molar-refractivity contribution in [2.45, 2.75) is 44.0 Å². The van der Waals surface area contributed by atoms with E-state index in [1.54, 1.807) is 0 Å². The summed E-state index contributed by atoms with van der Waals surface area (Å²) >= 11 is 0. The largest absolute Gasteiger partial charge is 0.460 e. The third kappa shape index (κ3) is 3.32. The minimum atomic E-state index is -4.48. The summed E-state index contributed by atoms with van der Waals surface area (Å²) in [4.78, 5) is 7.06. The third-order valence-corrected chi connectivity index (χ3v) is 2.86. The van der Waals surface area contributed by atoms with Gasteiger partial charge in [0.15, 0.2) is 5.69 Å². The van der Waals surface area contributed by atoms with Gasteiger partial charge < -0.3 is 10.5 Å². The molecule has 1 heterocycles. The van der Waals surface area contributed by atoms with E-state index >= 15 is 0 Å². The Bertz CT molecular complexity index is 411. The van der Waals surface area contributed by atoms with Crippen LogP contribution in [0.15, 0.2) is 12.3 Å². The van der Waals surface area contributed by atoms with E-state index in [1.807, 2.05) is 0 Å². The molecular weight excluding hydrogens is 247 g/mol. The van der Waals surface area contributed by atoms with Crippen molar-refractivity contribution in [1.29, 1.82) is 0 Å². The van der Waals surface area contributed by atoms with Gasteiger partial charge in [-0.1, -0.05) is 0 Å². The first-order valence-corrected chi connectivity index (χ1v) is 5.77. The van der Waals surface area contributed by atoms with E-state index in [4.69, 9.17) is 10.5 Å². The van der Waals surface area contributed by atoms with Crippen molar-refractivity contribution in [3.8, 4) is 6.01 Å². The van der Waals surface area contributed by atoms with Crippen LogP contribution < -0.4 is 10.5 Å². The molecule has 4 nitrogen and oxygen atoms in total. The highest BCUT2D eigenvalue weighted by atomic mass is 19.4. The maximum Gasteiger partial charge on any atom is 0.433 e. The molecule has 0 aliphatic heterocycles. The van der Waals surface area contributed by atoms with Gasteiger partial charge in [-0.15, -0.1) is 0 Å². The molecule has 1 aliphatic rings. The maximum atomic E-state index is 12.4. The molecule has 2 rings (SSSR count). The number of alkyl halides is 3. The molecule has 1 saturated carbocycles. The zero-order valence-corrected chi connectivity index (χ0v) is 9.65. The number of nitrogens with two attached hydrogens (primary N) is 1. The molecule has 1 fully saturated rings. The number of ether oxygens (including phenoxy) is 1. The van der Waals surface area contributed by atoms with E-state index in [0.717, 1.165) is 31.5 Å². The Labute approximate surface area is 102 Å². The van der Waals surface area contributed by atoms with Crippen LogP contribution >= 0.6 is 0 Å². The van der Waals surface area contributed by atoms with Crippen molar-refractivity contribution in [2.24, 2.45) is 5.73 Å². The van der Waals surface area contributed by atoms with Crippen LogP contribution in [0.5, 0.6) is 6.01 Å². The number of aromatic nitrogens is 2. The topological polar surface area (TPSA) is 61.0 Å². The molecule has 18 heavy (non-hydrogen) atoms. The summed E-state index contributed by atoms with van der Waals surface area (Å²) < 4.78 is 42.7. The highest BCUT2D eigenvalue weighted by Crippen LogP contribution is 2.28. The second kappa shape index (κ2) is 5.09. The monoisotopic (exact) mass is 261 g/mol. The summed E-state index contributed by atoms with van der Waals surface area (Å²) in [5.41, 5.74) is 4.78. The third-order valence-electron chi connectivity index (χ3n) is 2.86. The molecule has 2 N–H and O–H groups in total. The predicted molar refractivity (Wildman–Crippen MR) is 57.9 cm³/mol. The van der Waals surface area contributed by atoms with E-state index in [-0.39, 0.29) is 18.2 Å². The van der Waals surface area contributed by atoms with Gasteiger partial charge in [-0.25, -0.2) is 4.98 Å². The Morgan fingerprint density at radius 3 is 2.78 bits per heavy atom. The van der Waals surface area contributed by atoms with E-state index in [1.165, 1.54) is 0 Å². The van der Waals surface area contributed by atoms with Crippen LogP contribution in [-0.2, 0) is 6.18 Å². The van der Waals surface area contributed by atoms with Crippen LogP contribution in [0.25, 0.3) is 0 Å². The van der Waals surface area contributed by atoms with Gasteiger partial charge >= 0.3 is 12.2 Å². The molecule has 1 aromatic rings. The van der Waals surface area contributed by atoms with Crippen molar-refractivity contribution in [3.05, 3.63) is 18.0 Å². The lowest BCUT2D eigenvalue weighted by Crippen LogP contribution is -2.34. The summed E-state index contributed by atoms with van der Waals surface area (Å²) in [6.45, 7) is 0. The van der Waals surface area contributed by atoms with Gasteiger partial charge in [0, 0.05) is 12.2 Å². The normalized spacial score (nSPS) is 24.9. The molecule has 0 saturated heterocycles. The van der Waals surface area contributed by atoms with E-state index in [9.17, 15) is 13.2 Å². The van der Waals surface area contributed by atoms with Crippen LogP contribution in [0.3, 0.4) is 0 Å². The number of hydrogen-bond acceptors (Lipinski definition) is 4. The maximum absolute atomic E-state index is 12.4. The zero-order chi connectivity index (χ0) is 13.2. The first-order valence-electron chi connectivity index (χ1n) is 5.77. The van der Waals surface area contributed by atoms with E-state index in [0.29, 0.717) is 6.42 Å². The molecule has 0 bridgehead atoms. The summed E-state index contributed by atoms with van der Waals surface area (Å²) in [7, 11) is 0. The fourth-order valence-electron chi connectivity index (χ4n) is 1.99. The molecule has 1 aromatic heterocycles. The molecule has 0 aromatic carbocycles. The highest BCUT2D eigenvalue weighted by Gasteiger charge is 2.33. The lowest BCUT2D eigenvalue weighted by molar-refractivity contribution is -0.141. The van der Waals surface area contributed by atoms with Crippen LogP contribution in [-0.4, -0.2) is 22.1 Å². The summed E-state index contributed by atoms with van der Waals surface area (Å²) in [5.74, 6) is 0. The average molecular weight is 261 g/mol. The predicted octanol–water partition coefficient (Wildman–Crippen LogP) is 2.14. The molecule has 0 radical (unpaired) electrons. The lowest BCUT2D eigenvalue weighted by atomic mass is 9.94. The minimum Gasteiger partial charge on any atom is -0.460 e. The molecule has 2 unspecified atom stereocenters. The van der Waals surface area contributed by atoms with Crippen molar-refractivity contribution < 1.29 is 17.9 Å². The Kier molecular flexibility index (Phi) is 3.70. The zero-order valence-electron chi connectivity index (χ0n) is 9.65. The highest BCUT2D eigenvalue weighted by molar-refractivity contribution is 5.09. The van der Waals surface area contributed by atoms with Gasteiger partial charge in [0.1, 0.15) is 6.10 Å². The average Bonchev–Trinajstić information content (AvgIpc) is 2.28. The molecule has 0 spiro atoms. The minimum absolute atomic E-state index is 0.0366. The Hall–Kier alpha value is -1.37.